The van der Waals surface area contributed by atoms with E-state index in [2.05, 4.69) is 0 Å². The van der Waals surface area contributed by atoms with Gasteiger partial charge in [-0.2, -0.15) is 18.4 Å². The van der Waals surface area contributed by atoms with E-state index >= 15 is 0 Å². The summed E-state index contributed by atoms with van der Waals surface area (Å²) in [6.45, 7) is 3.32. The van der Waals surface area contributed by atoms with Gasteiger partial charge >= 0.3 is 6.18 Å². The fourth-order valence-electron chi connectivity index (χ4n) is 1.58. The van der Waals surface area contributed by atoms with Crippen LogP contribution in [0, 0.1) is 28.6 Å². The second-order valence-electron chi connectivity index (χ2n) is 3.61. The largest absolute Gasteiger partial charge is 0.393 e. The van der Waals surface area contributed by atoms with Gasteiger partial charge in [0.2, 0.25) is 0 Å². The van der Waals surface area contributed by atoms with Gasteiger partial charge in [-0.1, -0.05) is 13.8 Å². The molecule has 0 aromatic heterocycles. The number of alkyl halides is 3. The van der Waals surface area contributed by atoms with Crippen molar-refractivity contribution in [1.29, 1.82) is 5.26 Å². The van der Waals surface area contributed by atoms with Crippen molar-refractivity contribution in [2.45, 2.75) is 26.4 Å². The summed E-state index contributed by atoms with van der Waals surface area (Å²) in [6, 6.07) is 1.79. The van der Waals surface area contributed by atoms with Crippen LogP contribution in [0.5, 0.6) is 0 Å². The average Bonchev–Trinajstić information content (AvgIpc) is 2.60. The highest BCUT2D eigenvalue weighted by Crippen LogP contribution is 2.63. The molecule has 0 amide bonds. The number of nitrogens with zero attached hydrogens (tertiary/aromatic N) is 1. The van der Waals surface area contributed by atoms with Crippen molar-refractivity contribution in [3.8, 4) is 6.07 Å². The molecule has 2 atom stereocenters. The number of nitriles is 1. The Balaban J connectivity index is 2.77. The van der Waals surface area contributed by atoms with Crippen LogP contribution in [0.15, 0.2) is 0 Å². The topological polar surface area (TPSA) is 23.8 Å². The molecule has 0 radical (unpaired) electrons. The molecule has 0 aromatic rings. The molecule has 0 saturated heterocycles. The minimum absolute atomic E-state index is 0.0231. The molecular weight excluding hydrogens is 167 g/mol. The number of hydrogen-bond donors (Lipinski definition) is 0. The Morgan fingerprint density at radius 2 is 2.00 bits per heavy atom. The summed E-state index contributed by atoms with van der Waals surface area (Å²) in [4.78, 5) is 0. The van der Waals surface area contributed by atoms with Crippen LogP contribution in [0.1, 0.15) is 20.3 Å². The van der Waals surface area contributed by atoms with Gasteiger partial charge in [0, 0.05) is 0 Å². The predicted molar refractivity (Wildman–Crippen MR) is 37.0 cm³/mol. The van der Waals surface area contributed by atoms with Gasteiger partial charge in [-0.3, -0.25) is 0 Å². The van der Waals surface area contributed by atoms with Gasteiger partial charge in [0.05, 0.1) is 17.4 Å². The first-order valence-electron chi connectivity index (χ1n) is 3.82. The Bertz CT molecular complexity index is 225. The molecule has 0 bridgehead atoms. The van der Waals surface area contributed by atoms with Crippen molar-refractivity contribution in [2.24, 2.45) is 17.3 Å². The second-order valence-corrected chi connectivity index (χ2v) is 3.61. The summed E-state index contributed by atoms with van der Waals surface area (Å²) in [5, 5.41) is 8.61. The summed E-state index contributed by atoms with van der Waals surface area (Å²) >= 11 is 0. The van der Waals surface area contributed by atoms with Crippen LogP contribution in [0.25, 0.3) is 0 Å². The maximum absolute atomic E-state index is 12.1. The van der Waals surface area contributed by atoms with Crippen molar-refractivity contribution in [3.05, 3.63) is 0 Å². The van der Waals surface area contributed by atoms with Crippen molar-refractivity contribution >= 4 is 0 Å². The molecule has 12 heavy (non-hydrogen) atoms. The fraction of sp³-hybridized carbons (Fsp3) is 0.875. The Morgan fingerprint density at radius 3 is 2.08 bits per heavy atom. The van der Waals surface area contributed by atoms with Gasteiger partial charge in [-0.05, 0) is 12.3 Å². The minimum atomic E-state index is -4.19. The lowest BCUT2D eigenvalue weighted by Gasteiger charge is -2.14. The minimum Gasteiger partial charge on any atom is -0.198 e. The van der Waals surface area contributed by atoms with E-state index in [0.717, 1.165) is 0 Å². The predicted octanol–water partition coefficient (Wildman–Crippen LogP) is 2.73. The third-order valence-electron chi connectivity index (χ3n) is 2.64. The summed E-state index contributed by atoms with van der Waals surface area (Å²) in [5.74, 6) is -1.61. The van der Waals surface area contributed by atoms with Crippen LogP contribution in [0.2, 0.25) is 0 Å². The zero-order valence-corrected chi connectivity index (χ0v) is 6.94. The SMILES string of the molecule is CC(C)[C@]1(C#N)C[C@H]1C(F)(F)F. The smallest absolute Gasteiger partial charge is 0.198 e. The van der Waals surface area contributed by atoms with Crippen molar-refractivity contribution in [2.75, 3.05) is 0 Å². The Morgan fingerprint density at radius 1 is 1.50 bits per heavy atom. The first kappa shape index (κ1) is 9.37. The zero-order valence-electron chi connectivity index (χ0n) is 6.94. The molecule has 0 N–H and O–H groups in total. The molecule has 4 heteroatoms. The van der Waals surface area contributed by atoms with Crippen LogP contribution < -0.4 is 0 Å². The van der Waals surface area contributed by atoms with E-state index in [1.807, 2.05) is 0 Å². The lowest BCUT2D eigenvalue weighted by Crippen LogP contribution is -2.20. The lowest BCUT2D eigenvalue weighted by molar-refractivity contribution is -0.155. The van der Waals surface area contributed by atoms with Crippen molar-refractivity contribution in [1.82, 2.24) is 0 Å². The van der Waals surface area contributed by atoms with Crippen LogP contribution in [0.4, 0.5) is 13.2 Å². The maximum atomic E-state index is 12.1. The Labute approximate surface area is 69.2 Å². The molecule has 0 aliphatic heterocycles. The summed E-state index contributed by atoms with van der Waals surface area (Å²) in [7, 11) is 0. The molecule has 1 rings (SSSR count). The molecule has 0 spiro atoms. The van der Waals surface area contributed by atoms with Crippen LogP contribution in [0.3, 0.4) is 0 Å². The number of hydrogen-bond acceptors (Lipinski definition) is 1. The summed E-state index contributed by atoms with van der Waals surface area (Å²) in [6.07, 6.45) is -4.22. The standard InChI is InChI=1S/C8H10F3N/c1-5(2)7(4-12)3-6(7)8(9,10)11/h5-6H,3H2,1-2H3/t6-,7-/m1/s1. The molecule has 1 fully saturated rings. The Hall–Kier alpha value is -0.720. The third-order valence-corrected chi connectivity index (χ3v) is 2.64. The van der Waals surface area contributed by atoms with Gasteiger partial charge in [0.25, 0.3) is 0 Å². The molecule has 1 aliphatic rings. The van der Waals surface area contributed by atoms with Gasteiger partial charge in [0.15, 0.2) is 0 Å². The first-order valence-corrected chi connectivity index (χ1v) is 3.82. The molecule has 1 saturated carbocycles. The van der Waals surface area contributed by atoms with E-state index in [0.29, 0.717) is 0 Å². The van der Waals surface area contributed by atoms with Gasteiger partial charge in [-0.25, -0.2) is 0 Å². The van der Waals surface area contributed by atoms with Gasteiger partial charge in [0.1, 0.15) is 0 Å². The van der Waals surface area contributed by atoms with Gasteiger partial charge in [-0.15, -0.1) is 0 Å². The summed E-state index contributed by atoms with van der Waals surface area (Å²) in [5.41, 5.74) is -1.13. The van der Waals surface area contributed by atoms with E-state index in [4.69, 9.17) is 5.26 Å². The van der Waals surface area contributed by atoms with Gasteiger partial charge < -0.3 is 0 Å². The van der Waals surface area contributed by atoms with E-state index in [1.54, 1.807) is 19.9 Å². The monoisotopic (exact) mass is 177 g/mol. The summed E-state index contributed by atoms with van der Waals surface area (Å²) < 4.78 is 36.4. The van der Waals surface area contributed by atoms with Crippen LogP contribution in [-0.4, -0.2) is 6.18 Å². The Kier molecular flexibility index (Phi) is 1.86. The molecular formula is C8H10F3N. The van der Waals surface area contributed by atoms with Crippen molar-refractivity contribution < 1.29 is 13.2 Å². The lowest BCUT2D eigenvalue weighted by atomic mass is 9.91. The number of rotatable bonds is 1. The highest BCUT2D eigenvalue weighted by Gasteiger charge is 2.68. The second kappa shape index (κ2) is 2.38. The molecule has 0 heterocycles. The molecule has 0 aromatic carbocycles. The average molecular weight is 177 g/mol. The third kappa shape index (κ3) is 1.17. The zero-order chi connectivity index (χ0) is 9.57. The molecule has 0 unspecified atom stereocenters. The normalized spacial score (nSPS) is 34.9. The van der Waals surface area contributed by atoms with Crippen LogP contribution in [-0.2, 0) is 0 Å². The van der Waals surface area contributed by atoms with E-state index in [-0.39, 0.29) is 12.3 Å². The maximum Gasteiger partial charge on any atom is 0.393 e. The van der Waals surface area contributed by atoms with E-state index in [9.17, 15) is 13.2 Å². The van der Waals surface area contributed by atoms with E-state index < -0.39 is 17.5 Å². The molecule has 1 aliphatic carbocycles. The highest BCUT2D eigenvalue weighted by molar-refractivity contribution is 5.19. The quantitative estimate of drug-likeness (QED) is 0.604. The van der Waals surface area contributed by atoms with Crippen LogP contribution >= 0.6 is 0 Å². The number of halogens is 3. The van der Waals surface area contributed by atoms with E-state index in [1.165, 1.54) is 0 Å². The first-order chi connectivity index (χ1) is 5.34. The van der Waals surface area contributed by atoms with Crippen molar-refractivity contribution in [3.63, 3.8) is 0 Å². The highest BCUT2D eigenvalue weighted by atomic mass is 19.4. The fourth-order valence-corrected chi connectivity index (χ4v) is 1.58. The molecule has 1 nitrogen and oxygen atoms in total. The molecule has 68 valence electrons.